The number of nitrogens with zero attached hydrogens (tertiary/aromatic N) is 2. The van der Waals surface area contributed by atoms with Crippen LogP contribution < -0.4 is 16.4 Å². The minimum atomic E-state index is -1.17. The standard InChI is InChI=1S/C40H67N5O8/c1-13-26(6)34(44(9)37(48)33(24(2)3)43-39(50)40(8,41)25(4)5)31(51-10)23-32(46)45-21-17-20-30(45)35(52-11)27(7)36(47)42-29(38(49)53-12)22-28-18-15-14-16-19-28/h14-16,18-19,24-27,29-31,33-35H,13,17,20-23,41H2,1-12H3,(H,42,47)(H,43,50)/t26-,27+,29-,30-,31+,33-,34-,35+,40+/m0/s1. The van der Waals surface area contributed by atoms with E-state index in [1.54, 1.807) is 30.7 Å². The van der Waals surface area contributed by atoms with E-state index in [1.165, 1.54) is 21.3 Å². The Morgan fingerprint density at radius 3 is 2.11 bits per heavy atom. The van der Waals surface area contributed by atoms with E-state index in [-0.39, 0.29) is 48.3 Å². The SMILES string of the molecule is CC[C@H](C)[C@@H]([C@@H](CC(=O)N1CCC[C@H]1[C@H](OC)[C@@H](C)C(=O)N[C@@H](Cc1ccccc1)C(=O)OC)OC)N(C)C(=O)[C@@H](NC(=O)[C@](C)(N)C(C)C)C(C)C. The highest BCUT2D eigenvalue weighted by molar-refractivity contribution is 5.92. The number of nitrogens with two attached hydrogens (primary N) is 1. The third-order valence-corrected chi connectivity index (χ3v) is 11.3. The Labute approximate surface area is 317 Å². The molecule has 4 N–H and O–H groups in total. The van der Waals surface area contributed by atoms with E-state index in [4.69, 9.17) is 19.9 Å². The molecule has 1 aromatic rings. The normalized spacial score (nSPS) is 19.7. The van der Waals surface area contributed by atoms with Gasteiger partial charge in [0.1, 0.15) is 12.1 Å². The second-order valence-corrected chi connectivity index (χ2v) is 15.5. The number of methoxy groups -OCH3 is 3. The molecule has 1 aliphatic rings. The number of esters is 1. The fourth-order valence-electron chi connectivity index (χ4n) is 7.09. The van der Waals surface area contributed by atoms with Gasteiger partial charge in [-0.3, -0.25) is 19.2 Å². The first-order valence-corrected chi connectivity index (χ1v) is 19.0. The molecule has 1 fully saturated rings. The van der Waals surface area contributed by atoms with Crippen molar-refractivity contribution in [3.05, 3.63) is 35.9 Å². The highest BCUT2D eigenvalue weighted by atomic mass is 16.5. The lowest BCUT2D eigenvalue weighted by atomic mass is 9.87. The first-order valence-electron chi connectivity index (χ1n) is 19.0. The van der Waals surface area contributed by atoms with Gasteiger partial charge in [0.2, 0.25) is 23.6 Å². The van der Waals surface area contributed by atoms with Crippen molar-refractivity contribution in [3.63, 3.8) is 0 Å². The second kappa shape index (κ2) is 20.8. The van der Waals surface area contributed by atoms with E-state index in [0.717, 1.165) is 12.0 Å². The second-order valence-electron chi connectivity index (χ2n) is 15.5. The number of ether oxygens (including phenoxy) is 3. The molecule has 0 unspecified atom stereocenters. The number of hydrogen-bond acceptors (Lipinski definition) is 9. The molecule has 13 nitrogen and oxygen atoms in total. The summed E-state index contributed by atoms with van der Waals surface area (Å²) in [6.45, 7) is 15.4. The van der Waals surface area contributed by atoms with Gasteiger partial charge in [-0.05, 0) is 43.1 Å². The lowest BCUT2D eigenvalue weighted by Crippen LogP contribution is -2.62. The van der Waals surface area contributed by atoms with Gasteiger partial charge < -0.3 is 40.4 Å². The van der Waals surface area contributed by atoms with Gasteiger partial charge in [-0.1, -0.05) is 85.2 Å². The molecule has 13 heteroatoms. The molecule has 4 amide bonds. The van der Waals surface area contributed by atoms with Crippen LogP contribution in [0.3, 0.4) is 0 Å². The van der Waals surface area contributed by atoms with Gasteiger partial charge in [-0.2, -0.15) is 0 Å². The Morgan fingerprint density at radius 1 is 0.981 bits per heavy atom. The molecule has 0 aromatic heterocycles. The van der Waals surface area contributed by atoms with Gasteiger partial charge in [0.15, 0.2) is 0 Å². The van der Waals surface area contributed by atoms with Crippen LogP contribution in [0.25, 0.3) is 0 Å². The summed E-state index contributed by atoms with van der Waals surface area (Å²) in [5.41, 5.74) is 6.04. The molecule has 53 heavy (non-hydrogen) atoms. The zero-order valence-electron chi connectivity index (χ0n) is 34.1. The number of likely N-dealkylation sites (tertiary alicyclic amines) is 1. The molecule has 2 rings (SSSR count). The smallest absolute Gasteiger partial charge is 0.328 e. The van der Waals surface area contributed by atoms with E-state index in [9.17, 15) is 24.0 Å². The molecule has 1 aromatic carbocycles. The molecular weight excluding hydrogens is 678 g/mol. The maximum atomic E-state index is 14.2. The maximum Gasteiger partial charge on any atom is 0.328 e. The molecule has 0 spiro atoms. The summed E-state index contributed by atoms with van der Waals surface area (Å²) in [6, 6.07) is 6.75. The Kier molecular flexibility index (Phi) is 17.9. The van der Waals surface area contributed by atoms with Crippen LogP contribution >= 0.6 is 0 Å². The molecule has 0 radical (unpaired) electrons. The minimum Gasteiger partial charge on any atom is -0.467 e. The van der Waals surface area contributed by atoms with E-state index in [1.807, 2.05) is 71.9 Å². The average Bonchev–Trinajstić information content (AvgIpc) is 3.62. The van der Waals surface area contributed by atoms with Crippen molar-refractivity contribution in [1.29, 1.82) is 0 Å². The topological polar surface area (TPSA) is 170 Å². The molecule has 1 heterocycles. The molecule has 0 bridgehead atoms. The fraction of sp³-hybridized carbons (Fsp3) is 0.725. The third kappa shape index (κ3) is 11.7. The molecular formula is C40H67N5O8. The lowest BCUT2D eigenvalue weighted by Gasteiger charge is -2.41. The molecule has 0 aliphatic carbocycles. The van der Waals surface area contributed by atoms with E-state index in [2.05, 4.69) is 10.6 Å². The van der Waals surface area contributed by atoms with E-state index in [0.29, 0.717) is 19.4 Å². The van der Waals surface area contributed by atoms with Gasteiger partial charge in [-0.15, -0.1) is 0 Å². The highest BCUT2D eigenvalue weighted by Crippen LogP contribution is 2.30. The molecule has 1 aliphatic heterocycles. The summed E-state index contributed by atoms with van der Waals surface area (Å²) in [6.07, 6.45) is 1.01. The average molecular weight is 746 g/mol. The van der Waals surface area contributed by atoms with Gasteiger partial charge in [-0.25, -0.2) is 4.79 Å². The predicted molar refractivity (Wildman–Crippen MR) is 204 cm³/mol. The number of amides is 4. The van der Waals surface area contributed by atoms with Gasteiger partial charge in [0.25, 0.3) is 0 Å². The number of rotatable bonds is 20. The maximum absolute atomic E-state index is 14.2. The van der Waals surface area contributed by atoms with Crippen molar-refractivity contribution in [2.75, 3.05) is 34.9 Å². The third-order valence-electron chi connectivity index (χ3n) is 11.3. The van der Waals surface area contributed by atoms with Crippen LogP contribution in [0.5, 0.6) is 0 Å². The Morgan fingerprint density at radius 2 is 1.60 bits per heavy atom. The van der Waals surface area contributed by atoms with Crippen molar-refractivity contribution in [1.82, 2.24) is 20.4 Å². The van der Waals surface area contributed by atoms with Gasteiger partial charge in [0.05, 0.1) is 49.3 Å². The number of nitrogens with one attached hydrogen (secondary N) is 2. The summed E-state index contributed by atoms with van der Waals surface area (Å²) in [4.78, 5) is 71.2. The van der Waals surface area contributed by atoms with Crippen molar-refractivity contribution in [2.45, 2.75) is 129 Å². The fourth-order valence-corrected chi connectivity index (χ4v) is 7.09. The number of hydrogen-bond donors (Lipinski definition) is 3. The van der Waals surface area contributed by atoms with Crippen molar-refractivity contribution in [3.8, 4) is 0 Å². The summed E-state index contributed by atoms with van der Waals surface area (Å²) in [7, 11) is 6.04. The molecule has 0 saturated carbocycles. The summed E-state index contributed by atoms with van der Waals surface area (Å²) in [5, 5.41) is 5.76. The van der Waals surface area contributed by atoms with Crippen molar-refractivity contribution >= 4 is 29.6 Å². The molecule has 300 valence electrons. The van der Waals surface area contributed by atoms with Crippen LogP contribution in [0.4, 0.5) is 0 Å². The van der Waals surface area contributed by atoms with Gasteiger partial charge in [0, 0.05) is 34.2 Å². The highest BCUT2D eigenvalue weighted by Gasteiger charge is 2.44. The van der Waals surface area contributed by atoms with E-state index >= 15 is 0 Å². The Hall–Kier alpha value is -3.55. The predicted octanol–water partition coefficient (Wildman–Crippen LogP) is 3.32. The van der Waals surface area contributed by atoms with Crippen molar-refractivity contribution < 1.29 is 38.2 Å². The summed E-state index contributed by atoms with van der Waals surface area (Å²) >= 11 is 0. The molecule has 9 atom stereocenters. The number of benzene rings is 1. The quantitative estimate of drug-likeness (QED) is 0.170. The lowest BCUT2D eigenvalue weighted by molar-refractivity contribution is -0.149. The Bertz CT molecular complexity index is 1360. The summed E-state index contributed by atoms with van der Waals surface area (Å²) < 4.78 is 16.9. The Balaban J connectivity index is 2.28. The zero-order chi connectivity index (χ0) is 40.2. The largest absolute Gasteiger partial charge is 0.467 e. The number of likely N-dealkylation sites (N-methyl/N-ethyl adjacent to an activating group) is 1. The minimum absolute atomic E-state index is 0.00888. The summed E-state index contributed by atoms with van der Waals surface area (Å²) in [5.74, 6) is -2.94. The van der Waals surface area contributed by atoms with Crippen LogP contribution in [0.1, 0.15) is 86.6 Å². The number of carbonyl (C=O) groups is 5. The zero-order valence-corrected chi connectivity index (χ0v) is 34.1. The number of carbonyl (C=O) groups excluding carboxylic acids is 5. The van der Waals surface area contributed by atoms with Gasteiger partial charge >= 0.3 is 5.97 Å². The van der Waals surface area contributed by atoms with Crippen LogP contribution in [-0.2, 0) is 44.6 Å². The van der Waals surface area contributed by atoms with Crippen LogP contribution in [0.2, 0.25) is 0 Å². The first-order chi connectivity index (χ1) is 24.9. The molecule has 1 saturated heterocycles. The van der Waals surface area contributed by atoms with Crippen molar-refractivity contribution in [2.24, 2.45) is 29.4 Å². The monoisotopic (exact) mass is 745 g/mol. The van der Waals surface area contributed by atoms with Crippen LogP contribution in [-0.4, -0.2) is 116 Å². The first kappa shape index (κ1) is 45.6. The van der Waals surface area contributed by atoms with Crippen LogP contribution in [0.15, 0.2) is 30.3 Å². The van der Waals surface area contributed by atoms with Crippen LogP contribution in [0, 0.1) is 23.7 Å². The van der Waals surface area contributed by atoms with E-state index < -0.39 is 59.7 Å².